The predicted molar refractivity (Wildman–Crippen MR) is 68.8 cm³/mol. The fourth-order valence-electron chi connectivity index (χ4n) is 2.43. The van der Waals surface area contributed by atoms with Gasteiger partial charge in [-0.15, -0.1) is 0 Å². The third-order valence-electron chi connectivity index (χ3n) is 3.49. The van der Waals surface area contributed by atoms with Crippen molar-refractivity contribution in [3.05, 3.63) is 29.6 Å². The van der Waals surface area contributed by atoms with Gasteiger partial charge in [0.15, 0.2) is 0 Å². The number of hydrogen-bond acceptors (Lipinski definition) is 3. The molecule has 3 nitrogen and oxygen atoms in total. The van der Waals surface area contributed by atoms with E-state index in [4.69, 9.17) is 0 Å². The molecule has 0 amide bonds. The van der Waals surface area contributed by atoms with Crippen LogP contribution in [-0.2, 0) is 6.54 Å². The first kappa shape index (κ1) is 12.5. The Morgan fingerprint density at radius 1 is 1.47 bits per heavy atom. The zero-order chi connectivity index (χ0) is 12.3. The van der Waals surface area contributed by atoms with Crippen LogP contribution in [0.3, 0.4) is 0 Å². The normalized spacial score (nSPS) is 21.3. The number of hydrogen-bond donors (Lipinski definition) is 1. The molecule has 1 fully saturated rings. The maximum Gasteiger partial charge on any atom is 0.0587 e. The second kappa shape index (κ2) is 5.61. The van der Waals surface area contributed by atoms with Crippen molar-refractivity contribution in [2.45, 2.75) is 45.2 Å². The van der Waals surface area contributed by atoms with Crippen LogP contribution in [0.2, 0.25) is 0 Å². The number of likely N-dealkylation sites (tertiary alicyclic amines) is 1. The summed E-state index contributed by atoms with van der Waals surface area (Å²) in [4.78, 5) is 7.02. The number of pyridine rings is 1. The fourth-order valence-corrected chi connectivity index (χ4v) is 2.43. The highest BCUT2D eigenvalue weighted by Gasteiger charge is 2.23. The summed E-state index contributed by atoms with van der Waals surface area (Å²) >= 11 is 0. The zero-order valence-electron chi connectivity index (χ0n) is 10.8. The van der Waals surface area contributed by atoms with Gasteiger partial charge < -0.3 is 5.11 Å². The topological polar surface area (TPSA) is 36.4 Å². The average Bonchev–Trinajstić information content (AvgIpc) is 2.76. The highest BCUT2D eigenvalue weighted by atomic mass is 16.3. The highest BCUT2D eigenvalue weighted by molar-refractivity contribution is 5.14. The van der Waals surface area contributed by atoms with Gasteiger partial charge in [-0.1, -0.05) is 19.9 Å². The van der Waals surface area contributed by atoms with E-state index in [-0.39, 0.29) is 6.61 Å². The lowest BCUT2D eigenvalue weighted by molar-refractivity contribution is 0.152. The second-order valence-electron chi connectivity index (χ2n) is 5.16. The molecular weight excluding hydrogens is 212 g/mol. The van der Waals surface area contributed by atoms with Crippen molar-refractivity contribution < 1.29 is 5.11 Å². The molecule has 0 aliphatic carbocycles. The van der Waals surface area contributed by atoms with Gasteiger partial charge in [0.1, 0.15) is 0 Å². The van der Waals surface area contributed by atoms with Crippen LogP contribution in [0.5, 0.6) is 0 Å². The SMILES string of the molecule is CC(C)c1cccc(CN2CCC[C@@H]2CO)n1. The third-order valence-corrected chi connectivity index (χ3v) is 3.49. The van der Waals surface area contributed by atoms with Crippen LogP contribution >= 0.6 is 0 Å². The Morgan fingerprint density at radius 3 is 3.00 bits per heavy atom. The summed E-state index contributed by atoms with van der Waals surface area (Å²) < 4.78 is 0. The van der Waals surface area contributed by atoms with Crippen molar-refractivity contribution >= 4 is 0 Å². The van der Waals surface area contributed by atoms with Crippen LogP contribution in [0.15, 0.2) is 18.2 Å². The Labute approximate surface area is 103 Å². The smallest absolute Gasteiger partial charge is 0.0587 e. The molecule has 1 atom stereocenters. The summed E-state index contributed by atoms with van der Waals surface area (Å²) in [5.74, 6) is 0.474. The quantitative estimate of drug-likeness (QED) is 0.867. The lowest BCUT2D eigenvalue weighted by atomic mass is 10.1. The maximum absolute atomic E-state index is 9.30. The summed E-state index contributed by atoms with van der Waals surface area (Å²) in [5, 5.41) is 9.30. The summed E-state index contributed by atoms with van der Waals surface area (Å²) in [7, 11) is 0. The molecule has 0 saturated carbocycles. The van der Waals surface area contributed by atoms with Crippen molar-refractivity contribution in [3.63, 3.8) is 0 Å². The third kappa shape index (κ3) is 3.05. The Morgan fingerprint density at radius 2 is 2.29 bits per heavy atom. The molecule has 94 valence electrons. The monoisotopic (exact) mass is 234 g/mol. The lowest BCUT2D eigenvalue weighted by Crippen LogP contribution is -2.31. The van der Waals surface area contributed by atoms with Gasteiger partial charge in [0, 0.05) is 18.3 Å². The van der Waals surface area contributed by atoms with Gasteiger partial charge in [-0.2, -0.15) is 0 Å². The molecule has 1 aliphatic heterocycles. The van der Waals surface area contributed by atoms with E-state index in [1.165, 1.54) is 6.42 Å². The molecule has 0 radical (unpaired) electrons. The number of rotatable bonds is 4. The molecule has 0 bridgehead atoms. The van der Waals surface area contributed by atoms with Gasteiger partial charge in [0.2, 0.25) is 0 Å². The van der Waals surface area contributed by atoms with Gasteiger partial charge in [-0.05, 0) is 37.4 Å². The summed E-state index contributed by atoms with van der Waals surface area (Å²) in [6.07, 6.45) is 2.30. The van der Waals surface area contributed by atoms with Crippen molar-refractivity contribution in [1.29, 1.82) is 0 Å². The van der Waals surface area contributed by atoms with Crippen LogP contribution in [0.25, 0.3) is 0 Å². The highest BCUT2D eigenvalue weighted by Crippen LogP contribution is 2.19. The standard InChI is InChI=1S/C14H22N2O/c1-11(2)14-7-3-5-12(15-14)9-16-8-4-6-13(16)10-17/h3,5,7,11,13,17H,4,6,8-10H2,1-2H3/t13-/m1/s1. The van der Waals surface area contributed by atoms with Crippen molar-refractivity contribution in [2.75, 3.05) is 13.2 Å². The molecule has 1 aliphatic rings. The minimum absolute atomic E-state index is 0.268. The lowest BCUT2D eigenvalue weighted by Gasteiger charge is -2.22. The largest absolute Gasteiger partial charge is 0.395 e. The van der Waals surface area contributed by atoms with E-state index in [2.05, 4.69) is 41.9 Å². The van der Waals surface area contributed by atoms with E-state index >= 15 is 0 Å². The molecule has 1 aromatic heterocycles. The fraction of sp³-hybridized carbons (Fsp3) is 0.643. The van der Waals surface area contributed by atoms with Crippen LogP contribution in [0.1, 0.15) is 44.0 Å². The van der Waals surface area contributed by atoms with E-state index in [1.807, 2.05) is 0 Å². The van der Waals surface area contributed by atoms with Gasteiger partial charge in [0.25, 0.3) is 0 Å². The van der Waals surface area contributed by atoms with E-state index in [0.717, 1.165) is 30.9 Å². The first-order chi connectivity index (χ1) is 8.20. The predicted octanol–water partition coefficient (Wildman–Crippen LogP) is 2.16. The van der Waals surface area contributed by atoms with Crippen LogP contribution in [0, 0.1) is 0 Å². The first-order valence-electron chi connectivity index (χ1n) is 6.51. The second-order valence-corrected chi connectivity index (χ2v) is 5.16. The van der Waals surface area contributed by atoms with E-state index in [1.54, 1.807) is 0 Å². The minimum atomic E-state index is 0.268. The molecule has 1 saturated heterocycles. The van der Waals surface area contributed by atoms with Gasteiger partial charge in [-0.3, -0.25) is 9.88 Å². The number of nitrogens with zero attached hydrogens (tertiary/aromatic N) is 2. The van der Waals surface area contributed by atoms with E-state index in [9.17, 15) is 5.11 Å². The van der Waals surface area contributed by atoms with Crippen LogP contribution in [0.4, 0.5) is 0 Å². The maximum atomic E-state index is 9.30. The molecule has 2 heterocycles. The summed E-state index contributed by atoms with van der Waals surface area (Å²) in [6.45, 7) is 6.55. The van der Waals surface area contributed by atoms with Crippen molar-refractivity contribution in [1.82, 2.24) is 9.88 Å². The van der Waals surface area contributed by atoms with E-state index in [0.29, 0.717) is 12.0 Å². The molecule has 1 aromatic rings. The van der Waals surface area contributed by atoms with Crippen LogP contribution in [-0.4, -0.2) is 34.2 Å². The number of aliphatic hydroxyl groups is 1. The molecule has 3 heteroatoms. The van der Waals surface area contributed by atoms with Gasteiger partial charge in [-0.25, -0.2) is 0 Å². The Balaban J connectivity index is 2.05. The number of aliphatic hydroxyl groups excluding tert-OH is 1. The number of aromatic nitrogens is 1. The molecule has 0 aromatic carbocycles. The molecule has 17 heavy (non-hydrogen) atoms. The first-order valence-corrected chi connectivity index (χ1v) is 6.51. The molecule has 1 N–H and O–H groups in total. The van der Waals surface area contributed by atoms with Gasteiger partial charge >= 0.3 is 0 Å². The summed E-state index contributed by atoms with van der Waals surface area (Å²) in [5.41, 5.74) is 2.28. The summed E-state index contributed by atoms with van der Waals surface area (Å²) in [6, 6.07) is 6.58. The van der Waals surface area contributed by atoms with Crippen molar-refractivity contribution in [2.24, 2.45) is 0 Å². The van der Waals surface area contributed by atoms with Gasteiger partial charge in [0.05, 0.1) is 12.3 Å². The minimum Gasteiger partial charge on any atom is -0.395 e. The average molecular weight is 234 g/mol. The van der Waals surface area contributed by atoms with Crippen LogP contribution < -0.4 is 0 Å². The Bertz CT molecular complexity index is 365. The Kier molecular flexibility index (Phi) is 4.13. The zero-order valence-corrected chi connectivity index (χ0v) is 10.8. The molecule has 0 spiro atoms. The molecule has 0 unspecified atom stereocenters. The van der Waals surface area contributed by atoms with Crippen molar-refractivity contribution in [3.8, 4) is 0 Å². The molecular formula is C14H22N2O. The molecule has 2 rings (SSSR count). The van der Waals surface area contributed by atoms with E-state index < -0.39 is 0 Å². The Hall–Kier alpha value is -0.930.